The molecule has 21 heavy (non-hydrogen) atoms. The fraction of sp³-hybridized carbons (Fsp3) is 1.00. The van der Waals surface area contributed by atoms with E-state index in [2.05, 4.69) is 19.2 Å². The lowest BCUT2D eigenvalue weighted by Gasteiger charge is -2.37. The Morgan fingerprint density at radius 1 is 0.857 bits per heavy atom. The van der Waals surface area contributed by atoms with Crippen LogP contribution < -0.4 is 5.32 Å². The number of ether oxygens (including phenoxy) is 1. The van der Waals surface area contributed by atoms with Gasteiger partial charge in [0, 0.05) is 13.1 Å². The molecule has 1 unspecified atom stereocenters. The van der Waals surface area contributed by atoms with Gasteiger partial charge in [-0.15, -0.1) is 12.4 Å². The molecule has 3 heteroatoms. The van der Waals surface area contributed by atoms with Gasteiger partial charge in [0.1, 0.15) is 0 Å². The number of rotatable bonds is 12. The average Bonchev–Trinajstić information content (AvgIpc) is 2.50. The lowest BCUT2D eigenvalue weighted by Crippen LogP contribution is -2.49. The van der Waals surface area contributed by atoms with E-state index in [1.54, 1.807) is 0 Å². The van der Waals surface area contributed by atoms with Crippen molar-refractivity contribution in [3.8, 4) is 0 Å². The Hall–Kier alpha value is 0.210. The zero-order valence-electron chi connectivity index (χ0n) is 14.4. The van der Waals surface area contributed by atoms with Crippen molar-refractivity contribution in [1.82, 2.24) is 5.32 Å². The summed E-state index contributed by atoms with van der Waals surface area (Å²) < 4.78 is 6.03. The first kappa shape index (κ1) is 21.2. The monoisotopic (exact) mass is 319 g/mol. The molecule has 2 nitrogen and oxygen atoms in total. The third-order valence-electron chi connectivity index (χ3n) is 4.76. The number of nitrogens with one attached hydrogen (secondary N) is 1. The molecule has 0 amide bonds. The highest BCUT2D eigenvalue weighted by Gasteiger charge is 2.30. The predicted octanol–water partition coefficient (Wildman–Crippen LogP) is 5.49. The first-order valence-corrected chi connectivity index (χ1v) is 9.17. The van der Waals surface area contributed by atoms with E-state index in [1.165, 1.54) is 70.6 Å². The quantitative estimate of drug-likeness (QED) is 0.480. The first-order chi connectivity index (χ1) is 9.83. The molecule has 128 valence electrons. The highest BCUT2D eigenvalue weighted by Crippen LogP contribution is 2.25. The van der Waals surface area contributed by atoms with Crippen LogP contribution in [0.2, 0.25) is 0 Å². The van der Waals surface area contributed by atoms with Crippen molar-refractivity contribution < 1.29 is 4.74 Å². The van der Waals surface area contributed by atoms with Crippen LogP contribution in [-0.2, 0) is 4.74 Å². The number of hydrogen-bond acceptors (Lipinski definition) is 2. The van der Waals surface area contributed by atoms with Gasteiger partial charge >= 0.3 is 0 Å². The van der Waals surface area contributed by atoms with Crippen LogP contribution in [0.4, 0.5) is 0 Å². The molecule has 1 N–H and O–H groups in total. The fourth-order valence-corrected chi connectivity index (χ4v) is 3.21. The van der Waals surface area contributed by atoms with Crippen molar-refractivity contribution in [2.75, 3.05) is 19.7 Å². The van der Waals surface area contributed by atoms with Gasteiger partial charge in [-0.2, -0.15) is 0 Å². The summed E-state index contributed by atoms with van der Waals surface area (Å²) >= 11 is 0. The summed E-state index contributed by atoms with van der Waals surface area (Å²) in [5.41, 5.74) is 0.151. The molecule has 0 saturated carbocycles. The van der Waals surface area contributed by atoms with Crippen LogP contribution in [-0.4, -0.2) is 25.3 Å². The Morgan fingerprint density at radius 3 is 1.90 bits per heavy atom. The van der Waals surface area contributed by atoms with E-state index >= 15 is 0 Å². The van der Waals surface area contributed by atoms with Crippen LogP contribution in [0, 0.1) is 0 Å². The minimum atomic E-state index is 0. The zero-order chi connectivity index (χ0) is 14.5. The lowest BCUT2D eigenvalue weighted by molar-refractivity contribution is -0.0748. The lowest BCUT2D eigenvalue weighted by atomic mass is 9.91. The fourth-order valence-electron chi connectivity index (χ4n) is 3.21. The second-order valence-corrected chi connectivity index (χ2v) is 6.49. The minimum absolute atomic E-state index is 0. The molecule has 1 aliphatic heterocycles. The average molecular weight is 320 g/mol. The van der Waals surface area contributed by atoms with Crippen molar-refractivity contribution >= 4 is 12.4 Å². The number of unbranched alkanes of at least 4 members (excludes halogenated alkanes) is 9. The van der Waals surface area contributed by atoms with Crippen molar-refractivity contribution in [2.24, 2.45) is 0 Å². The molecule has 0 spiro atoms. The highest BCUT2D eigenvalue weighted by molar-refractivity contribution is 5.85. The maximum Gasteiger partial charge on any atom is 0.0804 e. The first-order valence-electron chi connectivity index (χ1n) is 9.17. The standard InChI is InChI=1S/C18H37NO.ClH/c1-3-5-6-7-8-9-10-11-12-13-14-18(4-2)17-19-15-16-20-18;/h19H,3-17H2,1-2H3;1H. The topological polar surface area (TPSA) is 21.3 Å². The van der Waals surface area contributed by atoms with Gasteiger partial charge in [-0.3, -0.25) is 0 Å². The van der Waals surface area contributed by atoms with Gasteiger partial charge in [-0.25, -0.2) is 0 Å². The summed E-state index contributed by atoms with van der Waals surface area (Å²) in [6.45, 7) is 7.53. The molecule has 0 aromatic carbocycles. The maximum absolute atomic E-state index is 6.03. The molecule has 0 aromatic heterocycles. The summed E-state index contributed by atoms with van der Waals surface area (Å²) in [5, 5.41) is 3.49. The second kappa shape index (κ2) is 13.8. The number of halogens is 1. The Labute approximate surface area is 139 Å². The summed E-state index contributed by atoms with van der Waals surface area (Å²) in [5.74, 6) is 0. The molecule has 0 aromatic rings. The van der Waals surface area contributed by atoms with Gasteiger partial charge < -0.3 is 10.1 Å². The maximum atomic E-state index is 6.03. The molecule has 1 heterocycles. The Bertz CT molecular complexity index is 217. The van der Waals surface area contributed by atoms with Gasteiger partial charge in [0.15, 0.2) is 0 Å². The van der Waals surface area contributed by atoms with Crippen LogP contribution in [0.3, 0.4) is 0 Å². The minimum Gasteiger partial charge on any atom is -0.372 e. The third-order valence-corrected chi connectivity index (χ3v) is 4.76. The molecule has 0 bridgehead atoms. The molecule has 1 rings (SSSR count). The normalized spacial score (nSPS) is 22.0. The van der Waals surface area contributed by atoms with E-state index < -0.39 is 0 Å². The SMILES string of the molecule is CCCCCCCCCCCCC1(CC)CNCCO1.Cl. The van der Waals surface area contributed by atoms with E-state index in [-0.39, 0.29) is 18.0 Å². The zero-order valence-corrected chi connectivity index (χ0v) is 15.2. The van der Waals surface area contributed by atoms with Crippen molar-refractivity contribution in [3.63, 3.8) is 0 Å². The van der Waals surface area contributed by atoms with Crippen molar-refractivity contribution in [3.05, 3.63) is 0 Å². The Kier molecular flexibility index (Phi) is 14.0. The predicted molar refractivity (Wildman–Crippen MR) is 95.6 cm³/mol. The van der Waals surface area contributed by atoms with Gasteiger partial charge in [0.2, 0.25) is 0 Å². The Morgan fingerprint density at radius 2 is 1.43 bits per heavy atom. The van der Waals surface area contributed by atoms with Crippen molar-refractivity contribution in [1.29, 1.82) is 0 Å². The van der Waals surface area contributed by atoms with Crippen LogP contribution in [0.1, 0.15) is 90.9 Å². The number of hydrogen-bond donors (Lipinski definition) is 1. The van der Waals surface area contributed by atoms with Gasteiger partial charge in [-0.1, -0.05) is 78.1 Å². The number of morpholine rings is 1. The smallest absolute Gasteiger partial charge is 0.0804 e. The second-order valence-electron chi connectivity index (χ2n) is 6.49. The van der Waals surface area contributed by atoms with Gasteiger partial charge in [0.25, 0.3) is 0 Å². The van der Waals surface area contributed by atoms with Crippen LogP contribution >= 0.6 is 12.4 Å². The molecule has 0 radical (unpaired) electrons. The summed E-state index contributed by atoms with van der Waals surface area (Å²) in [6, 6.07) is 0. The summed E-state index contributed by atoms with van der Waals surface area (Å²) in [6.07, 6.45) is 16.5. The van der Waals surface area contributed by atoms with Gasteiger partial charge in [-0.05, 0) is 12.8 Å². The van der Waals surface area contributed by atoms with E-state index in [0.29, 0.717) is 0 Å². The largest absolute Gasteiger partial charge is 0.372 e. The van der Waals surface area contributed by atoms with E-state index in [0.717, 1.165) is 26.1 Å². The summed E-state index contributed by atoms with van der Waals surface area (Å²) in [4.78, 5) is 0. The van der Waals surface area contributed by atoms with E-state index in [9.17, 15) is 0 Å². The third kappa shape index (κ3) is 9.76. The molecule has 1 saturated heterocycles. The van der Waals surface area contributed by atoms with Gasteiger partial charge in [0.05, 0.1) is 12.2 Å². The van der Waals surface area contributed by atoms with Crippen LogP contribution in [0.5, 0.6) is 0 Å². The van der Waals surface area contributed by atoms with Crippen LogP contribution in [0.15, 0.2) is 0 Å². The summed E-state index contributed by atoms with van der Waals surface area (Å²) in [7, 11) is 0. The molecule has 1 fully saturated rings. The highest BCUT2D eigenvalue weighted by atomic mass is 35.5. The molecular formula is C18H38ClNO. The Balaban J connectivity index is 0.00000400. The molecule has 1 aliphatic rings. The van der Waals surface area contributed by atoms with E-state index in [4.69, 9.17) is 4.74 Å². The molecule has 1 atom stereocenters. The molecule has 0 aliphatic carbocycles. The van der Waals surface area contributed by atoms with Crippen molar-refractivity contribution in [2.45, 2.75) is 96.5 Å². The molecular weight excluding hydrogens is 282 g/mol. The van der Waals surface area contributed by atoms with E-state index in [1.807, 2.05) is 0 Å². The van der Waals surface area contributed by atoms with Crippen LogP contribution in [0.25, 0.3) is 0 Å².